The standard InChI is InChI=1S/C13H12ClNO3/c1-17-13(16)11-6-5-10(18-11)12(15)8-3-2-4-9(14)7-8/h2-7,12H,15H2,1H3. The Balaban J connectivity index is 2.26. The van der Waals surface area contributed by atoms with Crippen molar-refractivity contribution in [3.05, 3.63) is 58.5 Å². The average molecular weight is 266 g/mol. The summed E-state index contributed by atoms with van der Waals surface area (Å²) < 4.78 is 9.91. The van der Waals surface area contributed by atoms with Gasteiger partial charge in [0.05, 0.1) is 13.2 Å². The molecule has 1 heterocycles. The molecule has 94 valence electrons. The van der Waals surface area contributed by atoms with E-state index in [1.807, 2.05) is 12.1 Å². The van der Waals surface area contributed by atoms with Gasteiger partial charge in [0.25, 0.3) is 0 Å². The number of rotatable bonds is 3. The van der Waals surface area contributed by atoms with Gasteiger partial charge in [-0.25, -0.2) is 4.79 Å². The van der Waals surface area contributed by atoms with Crippen molar-refractivity contribution in [2.75, 3.05) is 7.11 Å². The monoisotopic (exact) mass is 265 g/mol. The molecule has 2 rings (SSSR count). The van der Waals surface area contributed by atoms with Crippen molar-refractivity contribution in [3.8, 4) is 0 Å². The number of ether oxygens (including phenoxy) is 1. The number of carbonyl (C=O) groups excluding carboxylic acids is 1. The summed E-state index contributed by atoms with van der Waals surface area (Å²) in [5.74, 6) is 0.0854. The van der Waals surface area contributed by atoms with Crippen LogP contribution in [-0.2, 0) is 4.74 Å². The van der Waals surface area contributed by atoms with Gasteiger partial charge in [-0.3, -0.25) is 0 Å². The van der Waals surface area contributed by atoms with Crippen LogP contribution in [0.4, 0.5) is 0 Å². The zero-order chi connectivity index (χ0) is 13.1. The van der Waals surface area contributed by atoms with Crippen LogP contribution in [0.25, 0.3) is 0 Å². The molecule has 0 saturated heterocycles. The molecule has 1 aromatic heterocycles. The van der Waals surface area contributed by atoms with E-state index in [0.717, 1.165) is 5.56 Å². The first-order valence-electron chi connectivity index (χ1n) is 5.31. The highest BCUT2D eigenvalue weighted by molar-refractivity contribution is 6.30. The van der Waals surface area contributed by atoms with Crippen molar-refractivity contribution in [3.63, 3.8) is 0 Å². The van der Waals surface area contributed by atoms with Crippen LogP contribution in [0.1, 0.15) is 27.9 Å². The molecule has 2 N–H and O–H groups in total. The van der Waals surface area contributed by atoms with E-state index in [1.54, 1.807) is 18.2 Å². The predicted molar refractivity (Wildman–Crippen MR) is 67.5 cm³/mol. The summed E-state index contributed by atoms with van der Waals surface area (Å²) in [6.45, 7) is 0. The molecular weight excluding hydrogens is 254 g/mol. The summed E-state index contributed by atoms with van der Waals surface area (Å²) in [6, 6.07) is 9.89. The SMILES string of the molecule is COC(=O)c1ccc(C(N)c2cccc(Cl)c2)o1. The fraction of sp³-hybridized carbons (Fsp3) is 0.154. The molecule has 1 unspecified atom stereocenters. The molecule has 0 amide bonds. The molecule has 0 aliphatic carbocycles. The fourth-order valence-electron chi connectivity index (χ4n) is 1.59. The van der Waals surface area contributed by atoms with Gasteiger partial charge in [0, 0.05) is 5.02 Å². The van der Waals surface area contributed by atoms with Gasteiger partial charge in [0.15, 0.2) is 0 Å². The van der Waals surface area contributed by atoms with E-state index in [-0.39, 0.29) is 5.76 Å². The molecular formula is C13H12ClNO3. The molecule has 0 bridgehead atoms. The fourth-order valence-corrected chi connectivity index (χ4v) is 1.79. The highest BCUT2D eigenvalue weighted by Gasteiger charge is 2.17. The quantitative estimate of drug-likeness (QED) is 0.867. The highest BCUT2D eigenvalue weighted by atomic mass is 35.5. The third-order valence-corrected chi connectivity index (χ3v) is 2.76. The summed E-state index contributed by atoms with van der Waals surface area (Å²) in [5, 5.41) is 0.600. The van der Waals surface area contributed by atoms with Crippen LogP contribution in [0.15, 0.2) is 40.8 Å². The van der Waals surface area contributed by atoms with Crippen molar-refractivity contribution in [1.82, 2.24) is 0 Å². The van der Waals surface area contributed by atoms with Crippen LogP contribution >= 0.6 is 11.6 Å². The molecule has 18 heavy (non-hydrogen) atoms. The Bertz CT molecular complexity index is 565. The molecule has 0 fully saturated rings. The van der Waals surface area contributed by atoms with Crippen LogP contribution < -0.4 is 5.73 Å². The first-order valence-corrected chi connectivity index (χ1v) is 5.68. The lowest BCUT2D eigenvalue weighted by Gasteiger charge is -2.09. The minimum absolute atomic E-state index is 0.130. The smallest absolute Gasteiger partial charge is 0.373 e. The van der Waals surface area contributed by atoms with E-state index < -0.39 is 12.0 Å². The van der Waals surface area contributed by atoms with Crippen LogP contribution in [0.2, 0.25) is 5.02 Å². The lowest BCUT2D eigenvalue weighted by Crippen LogP contribution is -2.10. The third kappa shape index (κ3) is 2.55. The van der Waals surface area contributed by atoms with Crippen LogP contribution in [0.5, 0.6) is 0 Å². The highest BCUT2D eigenvalue weighted by Crippen LogP contribution is 2.24. The van der Waals surface area contributed by atoms with Crippen molar-refractivity contribution >= 4 is 17.6 Å². The minimum atomic E-state index is -0.528. The number of carbonyl (C=O) groups is 1. The number of halogens is 1. The van der Waals surface area contributed by atoms with E-state index in [2.05, 4.69) is 4.74 Å². The Labute approximate surface area is 109 Å². The minimum Gasteiger partial charge on any atom is -0.463 e. The van der Waals surface area contributed by atoms with Gasteiger partial charge in [-0.05, 0) is 29.8 Å². The van der Waals surface area contributed by atoms with Crippen LogP contribution in [0, 0.1) is 0 Å². The maximum atomic E-state index is 11.3. The number of nitrogens with two attached hydrogens (primary N) is 1. The second-order valence-corrected chi connectivity index (χ2v) is 4.16. The molecule has 0 radical (unpaired) electrons. The molecule has 0 aliphatic rings. The second kappa shape index (κ2) is 5.25. The lowest BCUT2D eigenvalue weighted by atomic mass is 10.1. The Kier molecular flexibility index (Phi) is 3.69. The van der Waals surface area contributed by atoms with E-state index in [0.29, 0.717) is 10.8 Å². The summed E-state index contributed by atoms with van der Waals surface area (Å²) in [6.07, 6.45) is 0. The number of furan rings is 1. The Hall–Kier alpha value is -1.78. The van der Waals surface area contributed by atoms with Gasteiger partial charge in [0.1, 0.15) is 5.76 Å². The first kappa shape index (κ1) is 12.7. The topological polar surface area (TPSA) is 65.5 Å². The van der Waals surface area contributed by atoms with Crippen molar-refractivity contribution in [2.45, 2.75) is 6.04 Å². The molecule has 1 aromatic carbocycles. The van der Waals surface area contributed by atoms with E-state index in [1.165, 1.54) is 13.2 Å². The Morgan fingerprint density at radius 2 is 2.17 bits per heavy atom. The van der Waals surface area contributed by atoms with Crippen molar-refractivity contribution < 1.29 is 13.9 Å². The van der Waals surface area contributed by atoms with Crippen LogP contribution in [-0.4, -0.2) is 13.1 Å². The summed E-state index contributed by atoms with van der Waals surface area (Å²) >= 11 is 5.89. The lowest BCUT2D eigenvalue weighted by molar-refractivity contribution is 0.0562. The molecule has 1 atom stereocenters. The van der Waals surface area contributed by atoms with E-state index in [4.69, 9.17) is 21.8 Å². The number of hydrogen-bond donors (Lipinski definition) is 1. The average Bonchev–Trinajstić information content (AvgIpc) is 2.86. The molecule has 0 saturated carbocycles. The predicted octanol–water partition coefficient (Wildman–Crippen LogP) is 2.77. The number of benzene rings is 1. The summed E-state index contributed by atoms with van der Waals surface area (Å²) in [7, 11) is 1.29. The summed E-state index contributed by atoms with van der Waals surface area (Å²) in [4.78, 5) is 11.3. The molecule has 0 spiro atoms. The molecule has 2 aromatic rings. The maximum Gasteiger partial charge on any atom is 0.373 e. The Morgan fingerprint density at radius 1 is 1.39 bits per heavy atom. The maximum absolute atomic E-state index is 11.3. The zero-order valence-corrected chi connectivity index (χ0v) is 10.5. The normalized spacial score (nSPS) is 12.2. The number of methoxy groups -OCH3 is 1. The molecule has 0 aliphatic heterocycles. The van der Waals surface area contributed by atoms with Gasteiger partial charge in [-0.2, -0.15) is 0 Å². The van der Waals surface area contributed by atoms with E-state index >= 15 is 0 Å². The molecule has 5 heteroatoms. The van der Waals surface area contributed by atoms with Gasteiger partial charge in [-0.1, -0.05) is 23.7 Å². The second-order valence-electron chi connectivity index (χ2n) is 3.73. The largest absolute Gasteiger partial charge is 0.463 e. The van der Waals surface area contributed by atoms with Crippen molar-refractivity contribution in [2.24, 2.45) is 5.73 Å². The zero-order valence-electron chi connectivity index (χ0n) is 9.72. The summed E-state index contributed by atoms with van der Waals surface area (Å²) in [5.41, 5.74) is 6.85. The number of esters is 1. The van der Waals surface area contributed by atoms with Crippen molar-refractivity contribution in [1.29, 1.82) is 0 Å². The van der Waals surface area contributed by atoms with Gasteiger partial charge in [-0.15, -0.1) is 0 Å². The number of hydrogen-bond acceptors (Lipinski definition) is 4. The Morgan fingerprint density at radius 3 is 2.83 bits per heavy atom. The van der Waals surface area contributed by atoms with Gasteiger partial charge in [0.2, 0.25) is 5.76 Å². The third-order valence-electron chi connectivity index (χ3n) is 2.53. The molecule has 4 nitrogen and oxygen atoms in total. The van der Waals surface area contributed by atoms with Gasteiger partial charge < -0.3 is 14.9 Å². The van der Waals surface area contributed by atoms with E-state index in [9.17, 15) is 4.79 Å². The first-order chi connectivity index (χ1) is 8.61. The van der Waals surface area contributed by atoms with Crippen LogP contribution in [0.3, 0.4) is 0 Å². The van der Waals surface area contributed by atoms with Gasteiger partial charge >= 0.3 is 5.97 Å².